The second kappa shape index (κ2) is 6.79. The van der Waals surface area contributed by atoms with Gasteiger partial charge in [0.15, 0.2) is 5.16 Å². The van der Waals surface area contributed by atoms with Crippen molar-refractivity contribution in [3.8, 4) is 11.3 Å². The highest BCUT2D eigenvalue weighted by molar-refractivity contribution is 7.98. The van der Waals surface area contributed by atoms with E-state index in [4.69, 9.17) is 23.2 Å². The Balaban J connectivity index is 1.79. The molecule has 3 aromatic rings. The second-order valence-corrected chi connectivity index (χ2v) is 7.46. The summed E-state index contributed by atoms with van der Waals surface area (Å²) >= 11 is 15.1. The van der Waals surface area contributed by atoms with E-state index in [9.17, 15) is 0 Å². The van der Waals surface area contributed by atoms with Crippen LogP contribution in [-0.2, 0) is 5.75 Å². The number of hydrogen-bond donors (Lipinski definition) is 0. The Labute approximate surface area is 141 Å². The molecule has 2 aromatic heterocycles. The van der Waals surface area contributed by atoms with Gasteiger partial charge in [0.05, 0.1) is 10.0 Å². The Morgan fingerprint density at radius 2 is 1.90 bits per heavy atom. The van der Waals surface area contributed by atoms with Crippen LogP contribution >= 0.6 is 46.3 Å². The van der Waals surface area contributed by atoms with Crippen molar-refractivity contribution in [2.24, 2.45) is 0 Å². The number of hydrogen-bond acceptors (Lipinski definition) is 4. The number of halogens is 2. The molecule has 2 heterocycles. The fraction of sp³-hybridized carbons (Fsp3) is 0.0667. The van der Waals surface area contributed by atoms with Crippen molar-refractivity contribution in [2.75, 3.05) is 0 Å². The van der Waals surface area contributed by atoms with Crippen LogP contribution in [0.5, 0.6) is 0 Å². The molecule has 0 aliphatic carbocycles. The van der Waals surface area contributed by atoms with Crippen LogP contribution in [0.2, 0.25) is 8.67 Å². The van der Waals surface area contributed by atoms with Gasteiger partial charge in [-0.1, -0.05) is 65.3 Å². The van der Waals surface area contributed by atoms with Crippen LogP contribution in [-0.4, -0.2) is 9.97 Å². The van der Waals surface area contributed by atoms with Gasteiger partial charge < -0.3 is 0 Å². The molecule has 0 saturated carbocycles. The Morgan fingerprint density at radius 1 is 1.10 bits per heavy atom. The van der Waals surface area contributed by atoms with Gasteiger partial charge in [-0.3, -0.25) is 0 Å². The van der Waals surface area contributed by atoms with E-state index in [0.29, 0.717) is 8.67 Å². The minimum atomic E-state index is 0.651. The highest BCUT2D eigenvalue weighted by Gasteiger charge is 2.10. The van der Waals surface area contributed by atoms with Crippen molar-refractivity contribution < 1.29 is 0 Å². The van der Waals surface area contributed by atoms with Gasteiger partial charge in [0.2, 0.25) is 0 Å². The van der Waals surface area contributed by atoms with Crippen molar-refractivity contribution in [3.05, 3.63) is 62.9 Å². The lowest BCUT2D eigenvalue weighted by molar-refractivity contribution is 0.973. The molecule has 0 atom stereocenters. The molecular weight excluding hydrogens is 343 g/mol. The van der Waals surface area contributed by atoms with Crippen LogP contribution < -0.4 is 0 Å². The van der Waals surface area contributed by atoms with Crippen molar-refractivity contribution in [1.82, 2.24) is 9.97 Å². The number of thiophene rings is 1. The summed E-state index contributed by atoms with van der Waals surface area (Å²) in [6, 6.07) is 13.9. The zero-order valence-corrected chi connectivity index (χ0v) is 13.9. The molecule has 0 unspecified atom stereocenters. The van der Waals surface area contributed by atoms with Gasteiger partial charge in [0.25, 0.3) is 0 Å². The van der Waals surface area contributed by atoms with Gasteiger partial charge in [-0.2, -0.15) is 0 Å². The lowest BCUT2D eigenvalue weighted by Crippen LogP contribution is -1.90. The molecule has 106 valence electrons. The second-order valence-electron chi connectivity index (χ2n) is 4.24. The van der Waals surface area contributed by atoms with Crippen LogP contribution in [0, 0.1) is 0 Å². The predicted molar refractivity (Wildman–Crippen MR) is 91.4 cm³/mol. The molecule has 2 nitrogen and oxygen atoms in total. The Kier molecular flexibility index (Phi) is 4.80. The zero-order chi connectivity index (χ0) is 14.7. The fourth-order valence-electron chi connectivity index (χ4n) is 1.80. The first-order valence-electron chi connectivity index (χ1n) is 6.17. The summed E-state index contributed by atoms with van der Waals surface area (Å²) in [5, 5.41) is 0.731. The molecule has 0 bridgehead atoms. The lowest BCUT2D eigenvalue weighted by Gasteiger charge is -2.03. The third kappa shape index (κ3) is 3.77. The maximum atomic E-state index is 6.17. The summed E-state index contributed by atoms with van der Waals surface area (Å²) in [5.74, 6) is 0.836. The van der Waals surface area contributed by atoms with E-state index in [2.05, 4.69) is 22.1 Å². The molecule has 0 aliphatic heterocycles. The first kappa shape index (κ1) is 14.9. The van der Waals surface area contributed by atoms with E-state index < -0.39 is 0 Å². The molecule has 0 N–H and O–H groups in total. The van der Waals surface area contributed by atoms with E-state index in [1.807, 2.05) is 30.3 Å². The minimum Gasteiger partial charge on any atom is -0.231 e. The highest BCUT2D eigenvalue weighted by atomic mass is 35.5. The molecule has 0 aliphatic rings. The van der Waals surface area contributed by atoms with Crippen molar-refractivity contribution in [3.63, 3.8) is 0 Å². The van der Waals surface area contributed by atoms with Crippen LogP contribution in [0.15, 0.2) is 53.8 Å². The normalized spacial score (nSPS) is 10.8. The molecule has 0 spiro atoms. The average molecular weight is 353 g/mol. The maximum absolute atomic E-state index is 6.17. The number of rotatable bonds is 4. The molecule has 6 heteroatoms. The first-order chi connectivity index (χ1) is 10.2. The summed E-state index contributed by atoms with van der Waals surface area (Å²) < 4.78 is 1.31. The lowest BCUT2D eigenvalue weighted by atomic mass is 10.2. The standard InChI is InChI=1S/C15H10Cl2N2S2/c16-13-8-11(14(17)21-13)12-6-7-18-15(19-12)20-9-10-4-2-1-3-5-10/h1-8H,9H2. The SMILES string of the molecule is Clc1cc(-c2ccnc(SCc3ccccc3)n2)c(Cl)s1. The topological polar surface area (TPSA) is 25.8 Å². The Morgan fingerprint density at radius 3 is 2.62 bits per heavy atom. The van der Waals surface area contributed by atoms with Crippen molar-refractivity contribution >= 4 is 46.3 Å². The van der Waals surface area contributed by atoms with E-state index >= 15 is 0 Å². The molecule has 21 heavy (non-hydrogen) atoms. The number of benzene rings is 1. The van der Waals surface area contributed by atoms with Crippen LogP contribution in [0.1, 0.15) is 5.56 Å². The van der Waals surface area contributed by atoms with Gasteiger partial charge in [-0.15, -0.1) is 11.3 Å². The molecule has 3 rings (SSSR count). The van der Waals surface area contributed by atoms with E-state index in [1.54, 1.807) is 18.0 Å². The monoisotopic (exact) mass is 352 g/mol. The van der Waals surface area contributed by atoms with Crippen LogP contribution in [0.4, 0.5) is 0 Å². The third-order valence-corrected chi connectivity index (χ3v) is 5.20. The molecule has 0 amide bonds. The van der Waals surface area contributed by atoms with E-state index in [-0.39, 0.29) is 0 Å². The molecule has 0 saturated heterocycles. The van der Waals surface area contributed by atoms with Crippen LogP contribution in [0.25, 0.3) is 11.3 Å². The van der Waals surface area contributed by atoms with Gasteiger partial charge in [0, 0.05) is 17.5 Å². The highest BCUT2D eigenvalue weighted by Crippen LogP contribution is 2.37. The van der Waals surface area contributed by atoms with Crippen molar-refractivity contribution in [1.29, 1.82) is 0 Å². The van der Waals surface area contributed by atoms with Crippen molar-refractivity contribution in [2.45, 2.75) is 10.9 Å². The zero-order valence-electron chi connectivity index (χ0n) is 10.8. The quantitative estimate of drug-likeness (QED) is 0.438. The summed E-state index contributed by atoms with van der Waals surface area (Å²) in [7, 11) is 0. The first-order valence-corrected chi connectivity index (χ1v) is 8.73. The van der Waals surface area contributed by atoms with E-state index in [0.717, 1.165) is 22.2 Å². The van der Waals surface area contributed by atoms with Gasteiger partial charge >= 0.3 is 0 Å². The molecule has 0 fully saturated rings. The van der Waals surface area contributed by atoms with E-state index in [1.165, 1.54) is 16.9 Å². The maximum Gasteiger partial charge on any atom is 0.188 e. The van der Waals surface area contributed by atoms with Gasteiger partial charge in [-0.25, -0.2) is 9.97 Å². The van der Waals surface area contributed by atoms with Gasteiger partial charge in [-0.05, 0) is 17.7 Å². The Hall–Kier alpha value is -1.07. The Bertz CT molecular complexity index is 744. The number of thioether (sulfide) groups is 1. The van der Waals surface area contributed by atoms with Gasteiger partial charge in [0.1, 0.15) is 4.34 Å². The third-order valence-electron chi connectivity index (χ3n) is 2.78. The summed E-state index contributed by atoms with van der Waals surface area (Å²) in [6.45, 7) is 0. The minimum absolute atomic E-state index is 0.651. The summed E-state index contributed by atoms with van der Waals surface area (Å²) in [6.07, 6.45) is 1.75. The number of aromatic nitrogens is 2. The summed E-state index contributed by atoms with van der Waals surface area (Å²) in [5.41, 5.74) is 2.90. The predicted octanol–water partition coefficient (Wildman–Crippen LogP) is 5.80. The molecular formula is C15H10Cl2N2S2. The average Bonchev–Trinajstić information content (AvgIpc) is 2.85. The smallest absolute Gasteiger partial charge is 0.188 e. The van der Waals surface area contributed by atoms with Crippen LogP contribution in [0.3, 0.4) is 0 Å². The fourth-order valence-corrected chi connectivity index (χ4v) is 4.07. The molecule has 1 aromatic carbocycles. The molecule has 0 radical (unpaired) electrons. The summed E-state index contributed by atoms with van der Waals surface area (Å²) in [4.78, 5) is 8.84. The number of nitrogens with zero attached hydrogens (tertiary/aromatic N) is 2. The largest absolute Gasteiger partial charge is 0.231 e.